The van der Waals surface area contributed by atoms with Crippen molar-refractivity contribution in [3.8, 4) is 0 Å². The maximum absolute atomic E-state index is 4.53. The average molecular weight is 303 g/mol. The van der Waals surface area contributed by atoms with Crippen LogP contribution in [0.15, 0.2) is 67.0 Å². The van der Waals surface area contributed by atoms with Crippen molar-refractivity contribution >= 4 is 17.0 Å². The van der Waals surface area contributed by atoms with Gasteiger partial charge in [-0.05, 0) is 29.3 Å². The van der Waals surface area contributed by atoms with E-state index in [1.165, 1.54) is 11.1 Å². The fourth-order valence-corrected chi connectivity index (χ4v) is 2.64. The van der Waals surface area contributed by atoms with Crippen LogP contribution in [0, 0.1) is 0 Å². The smallest absolute Gasteiger partial charge is 0.201 e. The second-order valence-corrected chi connectivity index (χ2v) is 5.48. The van der Waals surface area contributed by atoms with Gasteiger partial charge in [0.05, 0.1) is 17.6 Å². The molecule has 0 aliphatic heterocycles. The van der Waals surface area contributed by atoms with Crippen molar-refractivity contribution in [1.82, 2.24) is 19.7 Å². The Balaban J connectivity index is 1.46. The van der Waals surface area contributed by atoms with Gasteiger partial charge in [0.1, 0.15) is 0 Å². The van der Waals surface area contributed by atoms with E-state index < -0.39 is 0 Å². The summed E-state index contributed by atoms with van der Waals surface area (Å²) in [7, 11) is 0. The molecule has 2 heterocycles. The van der Waals surface area contributed by atoms with E-state index in [2.05, 4.69) is 44.6 Å². The van der Waals surface area contributed by atoms with Crippen LogP contribution in [0.25, 0.3) is 11.0 Å². The molecule has 2 aromatic heterocycles. The van der Waals surface area contributed by atoms with Gasteiger partial charge in [-0.2, -0.15) is 5.10 Å². The summed E-state index contributed by atoms with van der Waals surface area (Å²) in [5.41, 5.74) is 4.47. The number of aromatic nitrogens is 4. The lowest BCUT2D eigenvalue weighted by Gasteiger charge is -2.06. The first kappa shape index (κ1) is 13.6. The average Bonchev–Trinajstić information content (AvgIpc) is 3.22. The highest BCUT2D eigenvalue weighted by Gasteiger charge is 2.02. The van der Waals surface area contributed by atoms with Crippen LogP contribution in [-0.2, 0) is 13.1 Å². The van der Waals surface area contributed by atoms with E-state index in [9.17, 15) is 0 Å². The van der Waals surface area contributed by atoms with Crippen LogP contribution in [0.5, 0.6) is 0 Å². The number of fused-ring (bicyclic) bond motifs is 1. The molecule has 5 nitrogen and oxygen atoms in total. The van der Waals surface area contributed by atoms with Crippen LogP contribution in [0.2, 0.25) is 0 Å². The second-order valence-electron chi connectivity index (χ2n) is 5.48. The number of imidazole rings is 1. The number of rotatable bonds is 5. The minimum atomic E-state index is 0.729. The molecule has 0 saturated carbocycles. The van der Waals surface area contributed by atoms with E-state index >= 15 is 0 Å². The minimum Gasteiger partial charge on any atom is -0.352 e. The molecule has 4 aromatic rings. The zero-order chi connectivity index (χ0) is 15.5. The molecule has 114 valence electrons. The first-order valence-corrected chi connectivity index (χ1v) is 7.61. The van der Waals surface area contributed by atoms with Crippen molar-refractivity contribution in [3.05, 3.63) is 78.1 Å². The summed E-state index contributed by atoms with van der Waals surface area (Å²) in [5.74, 6) is 0.795. The van der Waals surface area contributed by atoms with Crippen LogP contribution in [0.4, 0.5) is 5.95 Å². The molecule has 2 N–H and O–H groups in total. The van der Waals surface area contributed by atoms with Gasteiger partial charge < -0.3 is 10.3 Å². The fourth-order valence-electron chi connectivity index (χ4n) is 2.64. The molecule has 0 aliphatic rings. The Morgan fingerprint density at radius 1 is 1.00 bits per heavy atom. The number of nitrogens with one attached hydrogen (secondary N) is 2. The van der Waals surface area contributed by atoms with Crippen LogP contribution in [0.1, 0.15) is 11.1 Å². The molecule has 0 saturated heterocycles. The Hall–Kier alpha value is -3.08. The molecule has 0 bridgehead atoms. The van der Waals surface area contributed by atoms with Gasteiger partial charge in [-0.25, -0.2) is 4.98 Å². The van der Waals surface area contributed by atoms with Gasteiger partial charge in [0.2, 0.25) is 5.95 Å². The summed E-state index contributed by atoms with van der Waals surface area (Å²) in [6.07, 6.45) is 3.77. The highest BCUT2D eigenvalue weighted by molar-refractivity contribution is 5.77. The zero-order valence-corrected chi connectivity index (χ0v) is 12.6. The van der Waals surface area contributed by atoms with Crippen LogP contribution < -0.4 is 5.32 Å². The molecule has 0 amide bonds. The number of nitrogens with zero attached hydrogens (tertiary/aromatic N) is 3. The van der Waals surface area contributed by atoms with Crippen molar-refractivity contribution < 1.29 is 0 Å². The lowest BCUT2D eigenvalue weighted by Crippen LogP contribution is -2.03. The van der Waals surface area contributed by atoms with Crippen molar-refractivity contribution in [1.29, 1.82) is 0 Å². The SMILES string of the molecule is c1cc(CNc2nc3ccccc3[nH]2)cc(Cn2cccn2)c1. The summed E-state index contributed by atoms with van der Waals surface area (Å²) < 4.78 is 1.92. The fraction of sp³-hybridized carbons (Fsp3) is 0.111. The summed E-state index contributed by atoms with van der Waals surface area (Å²) in [6.45, 7) is 1.51. The first-order chi connectivity index (χ1) is 11.4. The van der Waals surface area contributed by atoms with E-state index in [0.29, 0.717) is 0 Å². The second kappa shape index (κ2) is 5.96. The third kappa shape index (κ3) is 3.08. The van der Waals surface area contributed by atoms with E-state index in [-0.39, 0.29) is 0 Å². The summed E-state index contributed by atoms with van der Waals surface area (Å²) in [5, 5.41) is 7.59. The van der Waals surface area contributed by atoms with E-state index in [0.717, 1.165) is 30.1 Å². The lowest BCUT2D eigenvalue weighted by molar-refractivity contribution is 0.686. The third-order valence-electron chi connectivity index (χ3n) is 3.74. The predicted molar refractivity (Wildman–Crippen MR) is 91.2 cm³/mol. The molecule has 4 rings (SSSR count). The largest absolute Gasteiger partial charge is 0.352 e. The van der Waals surface area contributed by atoms with Gasteiger partial charge >= 0.3 is 0 Å². The Bertz CT molecular complexity index is 875. The van der Waals surface area contributed by atoms with Gasteiger partial charge in [-0.1, -0.05) is 36.4 Å². The number of H-pyrrole nitrogens is 1. The molecule has 0 fully saturated rings. The molecule has 0 radical (unpaired) electrons. The summed E-state index contributed by atoms with van der Waals surface area (Å²) >= 11 is 0. The van der Waals surface area contributed by atoms with Crippen molar-refractivity contribution in [2.24, 2.45) is 0 Å². The lowest BCUT2D eigenvalue weighted by atomic mass is 10.1. The van der Waals surface area contributed by atoms with Gasteiger partial charge in [0, 0.05) is 18.9 Å². The first-order valence-electron chi connectivity index (χ1n) is 7.61. The van der Waals surface area contributed by atoms with E-state index in [1.807, 2.05) is 41.2 Å². The molecular formula is C18H17N5. The van der Waals surface area contributed by atoms with Crippen LogP contribution in [0.3, 0.4) is 0 Å². The minimum absolute atomic E-state index is 0.729. The highest BCUT2D eigenvalue weighted by Crippen LogP contribution is 2.14. The van der Waals surface area contributed by atoms with E-state index in [1.54, 1.807) is 6.20 Å². The van der Waals surface area contributed by atoms with Crippen molar-refractivity contribution in [2.75, 3.05) is 5.32 Å². The molecule has 0 spiro atoms. The normalized spacial score (nSPS) is 11.0. The number of hydrogen-bond acceptors (Lipinski definition) is 3. The molecule has 0 atom stereocenters. The maximum Gasteiger partial charge on any atom is 0.201 e. The molecular weight excluding hydrogens is 286 g/mol. The van der Waals surface area contributed by atoms with Crippen LogP contribution >= 0.6 is 0 Å². The van der Waals surface area contributed by atoms with Crippen LogP contribution in [-0.4, -0.2) is 19.7 Å². The number of anilines is 1. The van der Waals surface area contributed by atoms with Gasteiger partial charge in [-0.3, -0.25) is 4.68 Å². The topological polar surface area (TPSA) is 58.5 Å². The quantitative estimate of drug-likeness (QED) is 0.594. The molecule has 23 heavy (non-hydrogen) atoms. The Labute approximate surface area is 134 Å². The third-order valence-corrected chi connectivity index (χ3v) is 3.74. The Morgan fingerprint density at radius 2 is 1.91 bits per heavy atom. The van der Waals surface area contributed by atoms with Gasteiger partial charge in [0.25, 0.3) is 0 Å². The van der Waals surface area contributed by atoms with Gasteiger partial charge in [0.15, 0.2) is 0 Å². The standard InChI is InChI=1S/C18H17N5/c1-2-8-17-16(7-1)21-18(22-17)19-12-14-5-3-6-15(11-14)13-23-10-4-9-20-23/h1-11H,12-13H2,(H2,19,21,22). The highest BCUT2D eigenvalue weighted by atomic mass is 15.3. The molecule has 0 unspecified atom stereocenters. The molecule has 2 aromatic carbocycles. The summed E-state index contributed by atoms with van der Waals surface area (Å²) in [4.78, 5) is 7.81. The van der Waals surface area contributed by atoms with Gasteiger partial charge in [-0.15, -0.1) is 0 Å². The number of benzene rings is 2. The molecule has 0 aliphatic carbocycles. The predicted octanol–water partition coefficient (Wildman–Crippen LogP) is 3.42. The number of hydrogen-bond donors (Lipinski definition) is 2. The Kier molecular flexibility index (Phi) is 3.52. The van der Waals surface area contributed by atoms with E-state index in [4.69, 9.17) is 0 Å². The Morgan fingerprint density at radius 3 is 2.78 bits per heavy atom. The monoisotopic (exact) mass is 303 g/mol. The van der Waals surface area contributed by atoms with Crippen molar-refractivity contribution in [3.63, 3.8) is 0 Å². The molecule has 5 heteroatoms. The van der Waals surface area contributed by atoms with Crippen molar-refractivity contribution in [2.45, 2.75) is 13.1 Å². The number of aromatic amines is 1. The zero-order valence-electron chi connectivity index (χ0n) is 12.6. The number of para-hydroxylation sites is 2. The summed E-state index contributed by atoms with van der Waals surface area (Å²) in [6, 6.07) is 18.5. The maximum atomic E-state index is 4.53.